The number of hydrogen-bond acceptors (Lipinski definition) is 1. The largest absolute Gasteiger partial charge is 0.460 e. The summed E-state index contributed by atoms with van der Waals surface area (Å²) in [7, 11) is 0. The number of benzene rings is 1. The number of aryl methyl sites for hydroxylation is 2. The van der Waals surface area contributed by atoms with Crippen molar-refractivity contribution in [2.24, 2.45) is 4.99 Å². The lowest BCUT2D eigenvalue weighted by Gasteiger charge is -2.39. The smallest absolute Gasteiger partial charge is 0.240 e. The molecule has 0 heterocycles. The number of aliphatic imine (C=N–C) groups is 1. The van der Waals surface area contributed by atoms with Gasteiger partial charge in [-0.2, -0.15) is 57.1 Å². The van der Waals surface area contributed by atoms with Crippen molar-refractivity contribution >= 4 is 32.0 Å². The van der Waals surface area contributed by atoms with Crippen LogP contribution in [-0.4, -0.2) is 39.5 Å². The second-order valence-electron chi connectivity index (χ2n) is 6.01. The topological polar surface area (TPSA) is 12.4 Å². The first-order valence-corrected chi connectivity index (χ1v) is 8.42. The zero-order valence-corrected chi connectivity index (χ0v) is 16.6. The maximum Gasteiger partial charge on any atom is 0.460 e. The summed E-state index contributed by atoms with van der Waals surface area (Å²) >= 11 is 0.284. The molecule has 30 heavy (non-hydrogen) atoms. The van der Waals surface area contributed by atoms with Crippen LogP contribution in [-0.2, 0) is 0 Å². The molecule has 15 heteroatoms. The predicted octanol–water partition coefficient (Wildman–Crippen LogP) is 7.51. The van der Waals surface area contributed by atoms with Gasteiger partial charge in [-0.3, -0.25) is 0 Å². The van der Waals surface area contributed by atoms with Gasteiger partial charge in [0.05, 0.1) is 5.69 Å². The van der Waals surface area contributed by atoms with E-state index in [0.717, 1.165) is 0 Å². The molecule has 0 aliphatic carbocycles. The number of rotatable bonds is 6. The molecule has 0 saturated heterocycles. The van der Waals surface area contributed by atoms with Crippen LogP contribution in [0.4, 0.5) is 62.8 Å². The van der Waals surface area contributed by atoms with E-state index >= 15 is 0 Å². The quantitative estimate of drug-likeness (QED) is 0.189. The van der Waals surface area contributed by atoms with Gasteiger partial charge in [0, 0.05) is 0 Å². The van der Waals surface area contributed by atoms with E-state index < -0.39 is 45.2 Å². The molecule has 172 valence electrons. The van der Waals surface area contributed by atoms with Crippen molar-refractivity contribution < 1.29 is 57.1 Å². The van der Waals surface area contributed by atoms with Gasteiger partial charge in [-0.05, 0) is 47.6 Å². The van der Waals surface area contributed by atoms with Gasteiger partial charge in [0.25, 0.3) is 0 Å². The highest BCUT2D eigenvalue weighted by Gasteiger charge is 2.91. The van der Waals surface area contributed by atoms with Crippen LogP contribution >= 0.6 is 22.6 Å². The van der Waals surface area contributed by atoms with Crippen molar-refractivity contribution in [2.75, 3.05) is 0 Å². The lowest BCUT2D eigenvalue weighted by atomic mass is 9.94. The standard InChI is InChI=1S/C15H9F13IN/c1-6-4-3-5-7(2)8(6)30-9(29)10(16,17)11(18,19)12(20,21)13(22,23)14(24,25)15(26,27)28/h3-5H,1-2H3. The number of halogens is 14. The number of hydrogen-bond donors (Lipinski definition) is 0. The Balaban J connectivity index is 3.61. The van der Waals surface area contributed by atoms with E-state index in [1.807, 2.05) is 0 Å². The molecular formula is C15H9F13IN. The summed E-state index contributed by atoms with van der Waals surface area (Å²) < 4.78 is 169. The zero-order chi connectivity index (χ0) is 24.1. The van der Waals surface area contributed by atoms with E-state index in [2.05, 4.69) is 4.99 Å². The van der Waals surface area contributed by atoms with Gasteiger partial charge in [0.2, 0.25) is 0 Å². The maximum absolute atomic E-state index is 14.0. The fraction of sp³-hybridized carbons (Fsp3) is 0.533. The summed E-state index contributed by atoms with van der Waals surface area (Å²) in [4.78, 5) is 2.99. The van der Waals surface area contributed by atoms with Gasteiger partial charge in [-0.25, -0.2) is 4.99 Å². The normalized spacial score (nSPS) is 15.5. The molecule has 0 aliphatic heterocycles. The minimum atomic E-state index is -7.93. The van der Waals surface area contributed by atoms with Crippen LogP contribution in [0.2, 0.25) is 0 Å². The number of para-hydroxylation sites is 1. The summed E-state index contributed by atoms with van der Waals surface area (Å²) in [6, 6.07) is 3.84. The Labute approximate surface area is 173 Å². The van der Waals surface area contributed by atoms with Gasteiger partial charge >= 0.3 is 35.8 Å². The van der Waals surface area contributed by atoms with E-state index in [0.29, 0.717) is 0 Å². The van der Waals surface area contributed by atoms with E-state index in [1.54, 1.807) is 0 Å². The first-order valence-electron chi connectivity index (χ1n) is 7.34. The maximum atomic E-state index is 14.0. The third kappa shape index (κ3) is 3.85. The second-order valence-corrected chi connectivity index (χ2v) is 7.03. The van der Waals surface area contributed by atoms with Crippen LogP contribution in [0.1, 0.15) is 11.1 Å². The molecule has 0 spiro atoms. The summed E-state index contributed by atoms with van der Waals surface area (Å²) in [6.07, 6.45) is -7.44. The highest BCUT2D eigenvalue weighted by molar-refractivity contribution is 14.1. The van der Waals surface area contributed by atoms with Crippen molar-refractivity contribution in [2.45, 2.75) is 49.6 Å². The number of alkyl halides is 13. The summed E-state index contributed by atoms with van der Waals surface area (Å²) in [5.41, 5.74) is -0.332. The van der Waals surface area contributed by atoms with Crippen LogP contribution in [0.25, 0.3) is 0 Å². The molecule has 0 aliphatic rings. The molecule has 0 radical (unpaired) electrons. The molecule has 0 N–H and O–H groups in total. The molecule has 0 amide bonds. The van der Waals surface area contributed by atoms with Gasteiger partial charge in [0.15, 0.2) is 3.72 Å². The molecular weight excluding hydrogens is 568 g/mol. The first-order chi connectivity index (χ1) is 13.1. The monoisotopic (exact) mass is 577 g/mol. The summed E-state index contributed by atoms with van der Waals surface area (Å²) in [6.45, 7) is 2.47. The molecule has 1 aromatic carbocycles. The van der Waals surface area contributed by atoms with E-state index in [-0.39, 0.29) is 33.7 Å². The van der Waals surface area contributed by atoms with Crippen LogP contribution < -0.4 is 0 Å². The van der Waals surface area contributed by atoms with Gasteiger partial charge in [0.1, 0.15) is 0 Å². The Morgan fingerprint density at radius 3 is 1.40 bits per heavy atom. The fourth-order valence-electron chi connectivity index (χ4n) is 2.05. The van der Waals surface area contributed by atoms with E-state index in [1.165, 1.54) is 32.0 Å². The highest BCUT2D eigenvalue weighted by Crippen LogP contribution is 2.60. The minimum Gasteiger partial charge on any atom is -0.240 e. The van der Waals surface area contributed by atoms with E-state index in [4.69, 9.17) is 0 Å². The van der Waals surface area contributed by atoms with Gasteiger partial charge in [-0.1, -0.05) is 18.2 Å². The third-order valence-corrected chi connectivity index (χ3v) is 4.76. The Morgan fingerprint density at radius 1 is 0.667 bits per heavy atom. The predicted molar refractivity (Wildman–Crippen MR) is 87.8 cm³/mol. The van der Waals surface area contributed by atoms with Gasteiger partial charge in [-0.15, -0.1) is 0 Å². The van der Waals surface area contributed by atoms with Crippen molar-refractivity contribution in [3.05, 3.63) is 29.3 Å². The lowest BCUT2D eigenvalue weighted by molar-refractivity contribution is -0.434. The molecule has 1 nitrogen and oxygen atoms in total. The van der Waals surface area contributed by atoms with Crippen LogP contribution in [0.15, 0.2) is 23.2 Å². The fourth-order valence-corrected chi connectivity index (χ4v) is 2.63. The van der Waals surface area contributed by atoms with Crippen molar-refractivity contribution in [1.82, 2.24) is 0 Å². The van der Waals surface area contributed by atoms with Crippen LogP contribution in [0, 0.1) is 13.8 Å². The Hall–Kier alpha value is -1.29. The van der Waals surface area contributed by atoms with Crippen molar-refractivity contribution in [3.8, 4) is 0 Å². The molecule has 0 atom stereocenters. The minimum absolute atomic E-state index is 0.0592. The SMILES string of the molecule is Cc1cccc(C)c1N=C(I)C(F)(F)C(F)(F)C(F)(F)C(F)(F)C(F)(F)C(F)(F)F. The molecule has 0 bridgehead atoms. The van der Waals surface area contributed by atoms with Crippen molar-refractivity contribution in [1.29, 1.82) is 0 Å². The average Bonchev–Trinajstić information content (AvgIpc) is 2.56. The summed E-state index contributed by atoms with van der Waals surface area (Å²) in [5.74, 6) is -37.3. The molecule has 1 aromatic rings. The molecule has 0 unspecified atom stereocenters. The molecule has 1 rings (SSSR count). The molecule has 0 fully saturated rings. The Bertz CT molecular complexity index is 806. The lowest BCUT2D eigenvalue weighted by Crippen LogP contribution is -2.70. The Kier molecular flexibility index (Phi) is 6.85. The third-order valence-electron chi connectivity index (χ3n) is 3.84. The average molecular weight is 577 g/mol. The summed E-state index contributed by atoms with van der Waals surface area (Å²) in [5, 5.41) is 0. The van der Waals surface area contributed by atoms with Crippen molar-refractivity contribution in [3.63, 3.8) is 0 Å². The zero-order valence-electron chi connectivity index (χ0n) is 14.5. The van der Waals surface area contributed by atoms with Crippen LogP contribution in [0.3, 0.4) is 0 Å². The second kappa shape index (κ2) is 7.69. The highest BCUT2D eigenvalue weighted by atomic mass is 127. The molecule has 0 aromatic heterocycles. The number of nitrogens with zero attached hydrogens (tertiary/aromatic N) is 1. The molecule has 0 saturated carbocycles. The van der Waals surface area contributed by atoms with Crippen LogP contribution in [0.5, 0.6) is 0 Å². The van der Waals surface area contributed by atoms with E-state index in [9.17, 15) is 57.1 Å². The Morgan fingerprint density at radius 2 is 1.03 bits per heavy atom. The van der Waals surface area contributed by atoms with Gasteiger partial charge < -0.3 is 0 Å². The first kappa shape index (κ1) is 26.7.